The van der Waals surface area contributed by atoms with Crippen LogP contribution in [0, 0.1) is 5.41 Å². The molecule has 0 radical (unpaired) electrons. The third kappa shape index (κ3) is 7.09. The number of carbonyl (C=O) groups is 1. The second-order valence-electron chi connectivity index (χ2n) is 9.15. The smallest absolute Gasteiger partial charge is 0.319 e. The maximum atomic E-state index is 13.3. The minimum Gasteiger partial charge on any atom is -0.425 e. The average Bonchev–Trinajstić information content (AvgIpc) is 2.69. The van der Waals surface area contributed by atoms with Gasteiger partial charge in [-0.3, -0.25) is 4.79 Å². The predicted octanol–water partition coefficient (Wildman–Crippen LogP) is 7.60. The first-order valence-corrected chi connectivity index (χ1v) is 11.3. The lowest BCUT2D eigenvalue weighted by molar-refractivity contribution is -0.149. The second kappa shape index (κ2) is 12.5. The van der Waals surface area contributed by atoms with Crippen LogP contribution in [0.5, 0.6) is 5.75 Å². The molecule has 0 saturated carbocycles. The van der Waals surface area contributed by atoms with Crippen molar-refractivity contribution in [2.45, 2.75) is 91.0 Å². The number of hydrogen-bond donors (Lipinski definition) is 1. The largest absolute Gasteiger partial charge is 0.425 e. The molecule has 0 aromatic heterocycles. The lowest BCUT2D eigenvalue weighted by Gasteiger charge is -2.39. The van der Waals surface area contributed by atoms with Crippen molar-refractivity contribution in [2.24, 2.45) is 11.1 Å². The third-order valence-corrected chi connectivity index (χ3v) is 6.36. The van der Waals surface area contributed by atoms with Gasteiger partial charge in [-0.25, -0.2) is 0 Å². The van der Waals surface area contributed by atoms with Gasteiger partial charge in [0.25, 0.3) is 0 Å². The van der Waals surface area contributed by atoms with Gasteiger partial charge in [-0.1, -0.05) is 94.7 Å². The SMILES string of the molecule is Br.CCCCCCCCCCC(C)(C(=O)Oc1cccc2ccccc12)C(C)(C)N. The van der Waals surface area contributed by atoms with Crippen LogP contribution >= 0.6 is 17.0 Å². The first kappa shape index (κ1) is 26.6. The van der Waals surface area contributed by atoms with Crippen LogP contribution in [0.25, 0.3) is 10.8 Å². The molecule has 2 aromatic carbocycles. The topological polar surface area (TPSA) is 52.3 Å². The Morgan fingerprint density at radius 2 is 1.43 bits per heavy atom. The highest BCUT2D eigenvalue weighted by atomic mass is 79.9. The first-order valence-electron chi connectivity index (χ1n) is 11.3. The molecule has 1 unspecified atom stereocenters. The summed E-state index contributed by atoms with van der Waals surface area (Å²) in [6, 6.07) is 13.8. The summed E-state index contributed by atoms with van der Waals surface area (Å²) < 4.78 is 5.92. The van der Waals surface area contributed by atoms with Crippen LogP contribution in [-0.2, 0) is 4.79 Å². The van der Waals surface area contributed by atoms with E-state index < -0.39 is 11.0 Å². The normalized spacial score (nSPS) is 13.5. The minimum absolute atomic E-state index is 0. The van der Waals surface area contributed by atoms with Gasteiger partial charge in [0.15, 0.2) is 0 Å². The molecular weight excluding hydrogens is 438 g/mol. The van der Waals surface area contributed by atoms with Gasteiger partial charge >= 0.3 is 5.97 Å². The number of fused-ring (bicyclic) bond motifs is 1. The van der Waals surface area contributed by atoms with E-state index in [9.17, 15) is 4.79 Å². The zero-order valence-corrected chi connectivity index (χ0v) is 20.9. The van der Waals surface area contributed by atoms with Crippen molar-refractivity contribution in [1.82, 2.24) is 0 Å². The molecule has 30 heavy (non-hydrogen) atoms. The van der Waals surface area contributed by atoms with Gasteiger partial charge in [-0.15, -0.1) is 17.0 Å². The van der Waals surface area contributed by atoms with Crippen molar-refractivity contribution in [3.63, 3.8) is 0 Å². The Bertz CT molecular complexity index is 779. The monoisotopic (exact) mass is 477 g/mol. The number of rotatable bonds is 12. The third-order valence-electron chi connectivity index (χ3n) is 6.36. The van der Waals surface area contributed by atoms with Crippen molar-refractivity contribution in [2.75, 3.05) is 0 Å². The molecule has 0 spiro atoms. The fourth-order valence-corrected chi connectivity index (χ4v) is 3.80. The van der Waals surface area contributed by atoms with Crippen LogP contribution in [0.4, 0.5) is 0 Å². The summed E-state index contributed by atoms with van der Waals surface area (Å²) in [4.78, 5) is 13.3. The van der Waals surface area contributed by atoms with Crippen molar-refractivity contribution in [1.29, 1.82) is 0 Å². The van der Waals surface area contributed by atoms with Crippen molar-refractivity contribution in [3.05, 3.63) is 42.5 Å². The van der Waals surface area contributed by atoms with Gasteiger partial charge in [-0.05, 0) is 38.6 Å². The molecule has 0 aliphatic rings. The Kier molecular flexibility index (Phi) is 11.1. The van der Waals surface area contributed by atoms with Crippen LogP contribution in [0.2, 0.25) is 0 Å². The molecule has 0 aliphatic heterocycles. The molecule has 0 amide bonds. The van der Waals surface area contributed by atoms with E-state index in [2.05, 4.69) is 6.92 Å². The Morgan fingerprint density at radius 3 is 2.07 bits per heavy atom. The Labute approximate surface area is 193 Å². The summed E-state index contributed by atoms with van der Waals surface area (Å²) in [6.45, 7) is 8.07. The fourth-order valence-electron chi connectivity index (χ4n) is 3.80. The van der Waals surface area contributed by atoms with Crippen LogP contribution in [0.3, 0.4) is 0 Å². The highest BCUT2D eigenvalue weighted by molar-refractivity contribution is 8.93. The number of halogens is 1. The van der Waals surface area contributed by atoms with E-state index in [0.29, 0.717) is 5.75 Å². The Hall–Kier alpha value is -1.39. The number of carbonyl (C=O) groups excluding carboxylic acids is 1. The molecule has 0 aliphatic carbocycles. The highest BCUT2D eigenvalue weighted by Gasteiger charge is 2.46. The lowest BCUT2D eigenvalue weighted by Crippen LogP contribution is -2.55. The zero-order valence-electron chi connectivity index (χ0n) is 19.2. The zero-order chi connectivity index (χ0) is 21.3. The van der Waals surface area contributed by atoms with Gasteiger partial charge in [0, 0.05) is 10.9 Å². The molecule has 2 N–H and O–H groups in total. The van der Waals surface area contributed by atoms with Crippen LogP contribution in [0.15, 0.2) is 42.5 Å². The quantitative estimate of drug-likeness (QED) is 0.194. The molecule has 0 heterocycles. The molecule has 1 atom stereocenters. The molecule has 3 nitrogen and oxygen atoms in total. The number of nitrogens with two attached hydrogens (primary N) is 1. The van der Waals surface area contributed by atoms with E-state index in [1.807, 2.05) is 63.2 Å². The van der Waals surface area contributed by atoms with Crippen LogP contribution in [-0.4, -0.2) is 11.5 Å². The van der Waals surface area contributed by atoms with E-state index in [1.165, 1.54) is 38.5 Å². The molecule has 168 valence electrons. The van der Waals surface area contributed by atoms with Gasteiger partial charge in [-0.2, -0.15) is 0 Å². The lowest BCUT2D eigenvalue weighted by atomic mass is 9.70. The van der Waals surface area contributed by atoms with Crippen molar-refractivity contribution < 1.29 is 9.53 Å². The number of unbranched alkanes of at least 4 members (excludes halogenated alkanes) is 7. The van der Waals surface area contributed by atoms with Gasteiger partial charge < -0.3 is 10.5 Å². The summed E-state index contributed by atoms with van der Waals surface area (Å²) >= 11 is 0. The minimum atomic E-state index is -0.730. The summed E-state index contributed by atoms with van der Waals surface area (Å²) in [7, 11) is 0. The summed E-state index contributed by atoms with van der Waals surface area (Å²) in [6.07, 6.45) is 10.6. The average molecular weight is 479 g/mol. The van der Waals surface area contributed by atoms with E-state index in [4.69, 9.17) is 10.5 Å². The van der Waals surface area contributed by atoms with E-state index in [-0.39, 0.29) is 23.0 Å². The number of benzene rings is 2. The van der Waals surface area contributed by atoms with E-state index >= 15 is 0 Å². The molecule has 0 saturated heterocycles. The maximum Gasteiger partial charge on any atom is 0.319 e. The van der Waals surface area contributed by atoms with E-state index in [1.54, 1.807) is 0 Å². The first-order chi connectivity index (χ1) is 13.8. The highest BCUT2D eigenvalue weighted by Crippen LogP contribution is 2.38. The number of ether oxygens (including phenoxy) is 1. The molecule has 2 aromatic rings. The second-order valence-corrected chi connectivity index (χ2v) is 9.15. The molecule has 4 heteroatoms. The molecular formula is C26H40BrNO2. The van der Waals surface area contributed by atoms with Crippen LogP contribution in [0.1, 0.15) is 85.5 Å². The summed E-state index contributed by atoms with van der Waals surface area (Å²) in [5.74, 6) is 0.379. The van der Waals surface area contributed by atoms with Gasteiger partial charge in [0.1, 0.15) is 5.75 Å². The van der Waals surface area contributed by atoms with Crippen molar-refractivity contribution >= 4 is 33.7 Å². The van der Waals surface area contributed by atoms with Crippen molar-refractivity contribution in [3.8, 4) is 5.75 Å². The van der Waals surface area contributed by atoms with Crippen LogP contribution < -0.4 is 10.5 Å². The molecule has 0 bridgehead atoms. The fraction of sp³-hybridized carbons (Fsp3) is 0.577. The van der Waals surface area contributed by atoms with Gasteiger partial charge in [0.05, 0.1) is 5.41 Å². The van der Waals surface area contributed by atoms with E-state index in [0.717, 1.165) is 30.0 Å². The standard InChI is InChI=1S/C26H39NO2.BrH/c1-5-6-7-8-9-10-11-14-20-26(4,25(2,3)27)24(28)29-23-19-15-17-21-16-12-13-18-22(21)23;/h12-13,15-19H,5-11,14,20,27H2,1-4H3;1H. The summed E-state index contributed by atoms with van der Waals surface area (Å²) in [5.41, 5.74) is 5.09. The maximum absolute atomic E-state index is 13.3. The summed E-state index contributed by atoms with van der Waals surface area (Å²) in [5, 5.41) is 2.02. The Morgan fingerprint density at radius 1 is 0.867 bits per heavy atom. The molecule has 2 rings (SSSR count). The van der Waals surface area contributed by atoms with Gasteiger partial charge in [0.2, 0.25) is 0 Å². The molecule has 0 fully saturated rings. The predicted molar refractivity (Wildman–Crippen MR) is 134 cm³/mol. The Balaban J connectivity index is 0.00000450. The number of hydrogen-bond acceptors (Lipinski definition) is 3. The number of esters is 1.